The average molecular weight is 146 g/mol. The Morgan fingerprint density at radius 2 is 2.56 bits per heavy atom. The molecule has 1 aromatic rings. The van der Waals surface area contributed by atoms with E-state index in [4.69, 9.17) is 0 Å². The van der Waals surface area contributed by atoms with E-state index in [9.17, 15) is 0 Å². The first-order chi connectivity index (χ1) is 3.97. The zero-order valence-corrected chi connectivity index (χ0v) is 8.72. The van der Waals surface area contributed by atoms with E-state index >= 15 is 0 Å². The summed E-state index contributed by atoms with van der Waals surface area (Å²) in [5.41, 5.74) is 1.27. The van der Waals surface area contributed by atoms with E-state index in [2.05, 4.69) is 11.2 Å². The summed E-state index contributed by atoms with van der Waals surface area (Å²) in [6.45, 7) is 1.10. The van der Waals surface area contributed by atoms with Gasteiger partial charge in [-0.1, -0.05) is 0 Å². The molecule has 9 heavy (non-hydrogen) atoms. The summed E-state index contributed by atoms with van der Waals surface area (Å²) in [5, 5.41) is 4.06. The van der Waals surface area contributed by atoms with Gasteiger partial charge in [0.15, 0.2) is 0 Å². The first kappa shape index (κ1) is 7.95. The molecule has 0 radical (unpaired) electrons. The third-order valence-electron chi connectivity index (χ3n) is 1.52. The van der Waals surface area contributed by atoms with E-state index in [1.54, 1.807) is 6.20 Å². The smallest absolute Gasteiger partial charge is 0.429 e. The van der Waals surface area contributed by atoms with Crippen LogP contribution < -0.4 is 51.4 Å². The van der Waals surface area contributed by atoms with Gasteiger partial charge in [-0.25, -0.2) is 5.10 Å². The summed E-state index contributed by atoms with van der Waals surface area (Å²) in [7, 11) is 0. The van der Waals surface area contributed by atoms with Gasteiger partial charge in [0.2, 0.25) is 0 Å². The number of aromatic nitrogens is 2. The molecule has 0 aromatic carbocycles. The van der Waals surface area contributed by atoms with Gasteiger partial charge in [0, 0.05) is 6.54 Å². The van der Waals surface area contributed by atoms with E-state index < -0.39 is 0 Å². The predicted octanol–water partition coefficient (Wildman–Crippen LogP) is -2.37. The molecule has 0 fully saturated rings. The Hall–Kier alpha value is 0.846. The van der Waals surface area contributed by atoms with Crippen LogP contribution >= 0.6 is 0 Å². The molecule has 42 valence electrons. The molecule has 2 nitrogen and oxygen atoms in total. The van der Waals surface area contributed by atoms with Crippen molar-refractivity contribution in [3.8, 4) is 0 Å². The van der Waals surface area contributed by atoms with Gasteiger partial charge >= 0.3 is 51.4 Å². The Bertz CT molecular complexity index is 176. The second-order valence-electron chi connectivity index (χ2n) is 2.06. The maximum Gasteiger partial charge on any atom is 1.00 e. The van der Waals surface area contributed by atoms with Crippen LogP contribution in [-0.4, -0.2) is 9.78 Å². The van der Waals surface area contributed by atoms with Crippen LogP contribution in [0.2, 0.25) is 0 Å². The van der Waals surface area contributed by atoms with Crippen molar-refractivity contribution in [2.24, 2.45) is 0 Å². The Balaban J connectivity index is 0.000000405. The van der Waals surface area contributed by atoms with Crippen LogP contribution in [0, 0.1) is 6.07 Å². The Morgan fingerprint density at radius 1 is 1.67 bits per heavy atom. The van der Waals surface area contributed by atoms with Gasteiger partial charge in [-0.05, 0) is 12.8 Å². The van der Waals surface area contributed by atoms with Gasteiger partial charge in [0.25, 0.3) is 0 Å². The van der Waals surface area contributed by atoms with Crippen molar-refractivity contribution < 1.29 is 51.4 Å². The topological polar surface area (TPSA) is 17.8 Å². The van der Waals surface area contributed by atoms with Crippen molar-refractivity contribution in [2.75, 3.05) is 0 Å². The van der Waals surface area contributed by atoms with Crippen LogP contribution in [0.4, 0.5) is 0 Å². The molecule has 1 aliphatic rings. The van der Waals surface area contributed by atoms with Gasteiger partial charge in [0.05, 0.1) is 0 Å². The monoisotopic (exact) mass is 146 g/mol. The maximum absolute atomic E-state index is 4.06. The third kappa shape index (κ3) is 1.46. The van der Waals surface area contributed by atoms with Crippen LogP contribution in [0.25, 0.3) is 0 Å². The van der Waals surface area contributed by atoms with E-state index in [1.807, 2.05) is 4.68 Å². The molecule has 0 amide bonds. The number of hydrogen-bond acceptors (Lipinski definition) is 1. The fraction of sp³-hybridized carbons (Fsp3) is 0.500. The fourth-order valence-corrected chi connectivity index (χ4v) is 1.11. The zero-order chi connectivity index (χ0) is 5.40. The van der Waals surface area contributed by atoms with Gasteiger partial charge < -0.3 is 10.7 Å². The van der Waals surface area contributed by atoms with E-state index in [0.717, 1.165) is 6.54 Å². The average Bonchev–Trinajstić information content (AvgIpc) is 2.15. The maximum atomic E-state index is 4.06. The molecule has 0 aliphatic carbocycles. The summed E-state index contributed by atoms with van der Waals surface area (Å²) < 4.78 is 2.01. The number of aryl methyl sites for hydroxylation is 2. The van der Waals surface area contributed by atoms with Gasteiger partial charge in [-0.3, -0.25) is 0 Å². The molecule has 3 heteroatoms. The largest absolute Gasteiger partial charge is 1.00 e. The minimum atomic E-state index is 0. The molecule has 0 N–H and O–H groups in total. The normalized spacial score (nSPS) is 14.7. The predicted molar refractivity (Wildman–Crippen MR) is 29.4 cm³/mol. The van der Waals surface area contributed by atoms with E-state index in [1.165, 1.54) is 18.5 Å². The zero-order valence-electron chi connectivity index (χ0n) is 5.59. The molecular formula is C6H7KN2. The molecule has 1 aliphatic heterocycles. The van der Waals surface area contributed by atoms with Crippen molar-refractivity contribution in [3.05, 3.63) is 18.0 Å². The molecule has 2 rings (SSSR count). The number of rotatable bonds is 0. The molecular weight excluding hydrogens is 139 g/mol. The van der Waals surface area contributed by atoms with Gasteiger partial charge in [0.1, 0.15) is 0 Å². The molecule has 1 aromatic heterocycles. The van der Waals surface area contributed by atoms with Gasteiger partial charge in [-0.15, -0.1) is 11.9 Å². The van der Waals surface area contributed by atoms with Crippen molar-refractivity contribution in [1.82, 2.24) is 9.78 Å². The van der Waals surface area contributed by atoms with E-state index in [-0.39, 0.29) is 51.4 Å². The minimum Gasteiger partial charge on any atom is -0.429 e. The van der Waals surface area contributed by atoms with Crippen molar-refractivity contribution in [3.63, 3.8) is 0 Å². The third-order valence-corrected chi connectivity index (χ3v) is 1.52. The number of nitrogens with zero attached hydrogens (tertiary/aromatic N) is 2. The van der Waals surface area contributed by atoms with Crippen LogP contribution in [0.15, 0.2) is 6.20 Å². The Kier molecular flexibility index (Phi) is 2.91. The van der Waals surface area contributed by atoms with Crippen LogP contribution in [0.5, 0.6) is 0 Å². The Labute approximate surface area is 97.1 Å². The van der Waals surface area contributed by atoms with Crippen LogP contribution in [0.1, 0.15) is 12.1 Å². The molecule has 0 spiro atoms. The van der Waals surface area contributed by atoms with Crippen LogP contribution in [0.3, 0.4) is 0 Å². The summed E-state index contributed by atoms with van der Waals surface area (Å²) in [4.78, 5) is 0. The summed E-state index contributed by atoms with van der Waals surface area (Å²) in [5.74, 6) is 0. The molecule has 0 bridgehead atoms. The second-order valence-corrected chi connectivity index (χ2v) is 2.06. The SMILES string of the molecule is [K+].[c-]1cnn2c1CCC2. The Morgan fingerprint density at radius 3 is 3.33 bits per heavy atom. The minimum absolute atomic E-state index is 0. The molecule has 0 saturated carbocycles. The quantitative estimate of drug-likeness (QED) is 0.295. The van der Waals surface area contributed by atoms with Crippen molar-refractivity contribution >= 4 is 0 Å². The molecule has 0 atom stereocenters. The molecule has 0 unspecified atom stereocenters. The van der Waals surface area contributed by atoms with Gasteiger partial charge in [-0.2, -0.15) is 0 Å². The standard InChI is InChI=1S/C6H7N2.K/c1-2-6-3-4-7-8(6)5-1;/h4H,1-2,5H2;/q-1;+1. The van der Waals surface area contributed by atoms with Crippen molar-refractivity contribution in [1.29, 1.82) is 0 Å². The first-order valence-electron chi connectivity index (χ1n) is 2.89. The fourth-order valence-electron chi connectivity index (χ4n) is 1.11. The number of fused-ring (bicyclic) bond motifs is 1. The summed E-state index contributed by atoms with van der Waals surface area (Å²) in [6.07, 6.45) is 4.16. The van der Waals surface area contributed by atoms with Crippen LogP contribution in [-0.2, 0) is 13.0 Å². The summed E-state index contributed by atoms with van der Waals surface area (Å²) >= 11 is 0. The number of hydrogen-bond donors (Lipinski definition) is 0. The molecule has 2 heterocycles. The van der Waals surface area contributed by atoms with E-state index in [0.29, 0.717) is 0 Å². The van der Waals surface area contributed by atoms with Crippen molar-refractivity contribution in [2.45, 2.75) is 19.4 Å². The second kappa shape index (κ2) is 3.30. The molecule has 0 saturated heterocycles. The first-order valence-corrected chi connectivity index (χ1v) is 2.89. The summed E-state index contributed by atoms with van der Waals surface area (Å²) in [6, 6.07) is 3.07.